The van der Waals surface area contributed by atoms with Crippen LogP contribution in [0.25, 0.3) is 5.70 Å². The highest BCUT2D eigenvalue weighted by atomic mass is 32.2. The van der Waals surface area contributed by atoms with Crippen LogP contribution >= 0.6 is 11.8 Å². The maximum absolute atomic E-state index is 13.0. The van der Waals surface area contributed by atoms with Crippen molar-refractivity contribution in [2.45, 2.75) is 6.18 Å². The van der Waals surface area contributed by atoms with Gasteiger partial charge in [-0.1, -0.05) is 11.8 Å². The maximum Gasteiger partial charge on any atom is 0.434 e. The number of nitrogens with one attached hydrogen (secondary N) is 2. The van der Waals surface area contributed by atoms with Crippen molar-refractivity contribution in [2.75, 3.05) is 6.26 Å². The summed E-state index contributed by atoms with van der Waals surface area (Å²) >= 11 is 1.13. The van der Waals surface area contributed by atoms with Crippen molar-refractivity contribution in [3.63, 3.8) is 0 Å². The minimum atomic E-state index is -4.63. The van der Waals surface area contributed by atoms with E-state index in [1.54, 1.807) is 6.26 Å². The zero-order valence-corrected chi connectivity index (χ0v) is 11.4. The zero-order valence-electron chi connectivity index (χ0n) is 10.6. The van der Waals surface area contributed by atoms with Crippen LogP contribution in [0, 0.1) is 10.1 Å². The number of halogens is 3. The van der Waals surface area contributed by atoms with Crippen LogP contribution in [0.1, 0.15) is 5.56 Å². The number of aliphatic imine (C=N–C) groups is 1. The number of hydrogen-bond acceptors (Lipinski definition) is 6. The smallest absolute Gasteiger partial charge is 0.293 e. The van der Waals surface area contributed by atoms with Crippen molar-refractivity contribution in [3.05, 3.63) is 45.6 Å². The Balaban J connectivity index is 2.51. The number of alkyl halides is 3. The van der Waals surface area contributed by atoms with Gasteiger partial charge in [0.15, 0.2) is 10.9 Å². The van der Waals surface area contributed by atoms with Crippen LogP contribution < -0.4 is 10.9 Å². The zero-order chi connectivity index (χ0) is 15.6. The predicted octanol–water partition coefficient (Wildman–Crippen LogP) is 2.65. The van der Waals surface area contributed by atoms with E-state index in [-0.39, 0.29) is 22.1 Å². The number of thioether (sulfide) groups is 1. The van der Waals surface area contributed by atoms with Gasteiger partial charge < -0.3 is 0 Å². The molecule has 0 aliphatic carbocycles. The molecule has 0 fully saturated rings. The molecule has 0 unspecified atom stereocenters. The van der Waals surface area contributed by atoms with E-state index in [0.717, 1.165) is 23.9 Å². The number of non-ortho nitro benzene ring substituents is 1. The van der Waals surface area contributed by atoms with Gasteiger partial charge in [0.05, 0.1) is 4.92 Å². The van der Waals surface area contributed by atoms with Crippen molar-refractivity contribution in [2.24, 2.45) is 4.99 Å². The summed E-state index contributed by atoms with van der Waals surface area (Å²) in [4.78, 5) is 13.8. The summed E-state index contributed by atoms with van der Waals surface area (Å²) in [7, 11) is 0. The van der Waals surface area contributed by atoms with E-state index >= 15 is 0 Å². The summed E-state index contributed by atoms with van der Waals surface area (Å²) in [6, 6.07) is 4.72. The summed E-state index contributed by atoms with van der Waals surface area (Å²) in [6.07, 6.45) is -2.98. The van der Waals surface area contributed by atoms with E-state index in [1.165, 1.54) is 12.1 Å². The number of hydrogen-bond donors (Lipinski definition) is 2. The molecule has 10 heteroatoms. The number of nitro benzene ring substituents is 1. The summed E-state index contributed by atoms with van der Waals surface area (Å²) in [5.74, 6) is 0. The third kappa shape index (κ3) is 3.27. The Morgan fingerprint density at radius 2 is 1.86 bits per heavy atom. The third-order valence-corrected chi connectivity index (χ3v) is 3.15. The Morgan fingerprint density at radius 3 is 2.33 bits per heavy atom. The minimum Gasteiger partial charge on any atom is -0.293 e. The SMILES string of the molecule is CSC1=NC(c2ccc([N+](=O)[O-])cc2)=C(C(F)(F)F)NN1. The summed E-state index contributed by atoms with van der Waals surface area (Å²) in [5.41, 5.74) is 2.96. The molecule has 2 rings (SSSR count). The molecule has 0 radical (unpaired) electrons. The van der Waals surface area contributed by atoms with Crippen LogP contribution in [-0.4, -0.2) is 22.5 Å². The third-order valence-electron chi connectivity index (χ3n) is 2.57. The molecule has 1 aromatic rings. The lowest BCUT2D eigenvalue weighted by Crippen LogP contribution is -2.43. The first kappa shape index (κ1) is 15.2. The molecule has 0 aromatic heterocycles. The lowest BCUT2D eigenvalue weighted by molar-refractivity contribution is -0.384. The highest BCUT2D eigenvalue weighted by Crippen LogP contribution is 2.33. The molecule has 0 saturated carbocycles. The number of nitro groups is 1. The molecule has 0 saturated heterocycles. The van der Waals surface area contributed by atoms with Crippen molar-refractivity contribution in [3.8, 4) is 0 Å². The molecule has 0 amide bonds. The van der Waals surface area contributed by atoms with Crippen molar-refractivity contribution >= 4 is 28.3 Å². The minimum absolute atomic E-state index is 0.133. The largest absolute Gasteiger partial charge is 0.434 e. The molecule has 2 N–H and O–H groups in total. The fourth-order valence-corrected chi connectivity index (χ4v) is 1.95. The molecule has 21 heavy (non-hydrogen) atoms. The van der Waals surface area contributed by atoms with E-state index in [1.807, 2.05) is 0 Å². The van der Waals surface area contributed by atoms with Gasteiger partial charge in [0.2, 0.25) is 0 Å². The van der Waals surface area contributed by atoms with Crippen molar-refractivity contribution in [1.29, 1.82) is 0 Å². The fraction of sp³-hybridized carbons (Fsp3) is 0.182. The summed E-state index contributed by atoms with van der Waals surface area (Å²) < 4.78 is 38.9. The number of rotatable bonds is 2. The second kappa shape index (κ2) is 5.64. The van der Waals surface area contributed by atoms with Gasteiger partial charge in [-0.25, -0.2) is 4.99 Å². The number of allylic oxidation sites excluding steroid dienone is 1. The normalized spacial score (nSPS) is 15.1. The molecule has 1 heterocycles. The average Bonchev–Trinajstić information content (AvgIpc) is 2.45. The van der Waals surface area contributed by atoms with E-state index < -0.39 is 16.8 Å². The van der Waals surface area contributed by atoms with Gasteiger partial charge in [0, 0.05) is 17.7 Å². The van der Waals surface area contributed by atoms with Gasteiger partial charge in [-0.05, 0) is 18.4 Å². The van der Waals surface area contributed by atoms with Gasteiger partial charge in [0.1, 0.15) is 5.70 Å². The lowest BCUT2D eigenvalue weighted by atomic mass is 10.1. The average molecular weight is 318 g/mol. The van der Waals surface area contributed by atoms with Gasteiger partial charge >= 0.3 is 6.18 Å². The molecule has 0 spiro atoms. The number of nitrogens with zero attached hydrogens (tertiary/aromatic N) is 2. The molecule has 0 bridgehead atoms. The number of amidine groups is 1. The number of hydrazine groups is 1. The quantitative estimate of drug-likeness (QED) is 0.647. The molecular weight excluding hydrogens is 309 g/mol. The standard InChI is InChI=1S/C11H9F3N4O2S/c1-21-10-15-8(9(16-17-10)11(12,13)14)6-2-4-7(5-3-6)18(19)20/h2-5,16H,1H3,(H,15,17). The first-order valence-corrected chi connectivity index (χ1v) is 6.76. The highest BCUT2D eigenvalue weighted by Gasteiger charge is 2.39. The van der Waals surface area contributed by atoms with Crippen LogP contribution in [0.15, 0.2) is 35.0 Å². The Morgan fingerprint density at radius 1 is 1.24 bits per heavy atom. The van der Waals surface area contributed by atoms with Crippen LogP contribution in [0.2, 0.25) is 0 Å². The lowest BCUT2D eigenvalue weighted by Gasteiger charge is -2.23. The number of benzene rings is 1. The molecular formula is C11H9F3N4O2S. The Kier molecular flexibility index (Phi) is 4.07. The molecule has 1 aliphatic heterocycles. The maximum atomic E-state index is 13.0. The van der Waals surface area contributed by atoms with Crippen molar-refractivity contribution < 1.29 is 18.1 Å². The summed E-state index contributed by atoms with van der Waals surface area (Å²) in [6.45, 7) is 0. The molecule has 112 valence electrons. The first-order chi connectivity index (χ1) is 9.82. The van der Waals surface area contributed by atoms with Gasteiger partial charge in [-0.2, -0.15) is 13.2 Å². The Hall–Kier alpha value is -2.23. The Labute approximate surface area is 121 Å². The van der Waals surface area contributed by atoms with Crippen LogP contribution in [0.4, 0.5) is 18.9 Å². The van der Waals surface area contributed by atoms with Gasteiger partial charge in [0.25, 0.3) is 5.69 Å². The van der Waals surface area contributed by atoms with E-state index in [9.17, 15) is 23.3 Å². The first-order valence-electron chi connectivity index (χ1n) is 5.54. The summed E-state index contributed by atoms with van der Waals surface area (Å²) in [5, 5.41) is 10.8. The van der Waals surface area contributed by atoms with Crippen molar-refractivity contribution in [1.82, 2.24) is 10.9 Å². The van der Waals surface area contributed by atoms with Crippen LogP contribution in [0.5, 0.6) is 0 Å². The van der Waals surface area contributed by atoms with Gasteiger partial charge in [-0.15, -0.1) is 0 Å². The second-order valence-corrected chi connectivity index (χ2v) is 4.69. The van der Waals surface area contributed by atoms with E-state index in [0.29, 0.717) is 0 Å². The predicted molar refractivity (Wildman–Crippen MR) is 73.3 cm³/mol. The van der Waals surface area contributed by atoms with Gasteiger partial charge in [-0.3, -0.25) is 21.0 Å². The molecule has 0 atom stereocenters. The van der Waals surface area contributed by atoms with Crippen LogP contribution in [-0.2, 0) is 0 Å². The highest BCUT2D eigenvalue weighted by molar-refractivity contribution is 8.13. The monoisotopic (exact) mass is 318 g/mol. The molecule has 1 aromatic carbocycles. The second-order valence-electron chi connectivity index (χ2n) is 3.90. The molecule has 6 nitrogen and oxygen atoms in total. The topological polar surface area (TPSA) is 79.6 Å². The molecule has 1 aliphatic rings. The fourth-order valence-electron chi connectivity index (χ4n) is 1.61. The Bertz CT molecular complexity index is 625. The van der Waals surface area contributed by atoms with Crippen LogP contribution in [0.3, 0.4) is 0 Å². The van der Waals surface area contributed by atoms with E-state index in [2.05, 4.69) is 15.8 Å². The van der Waals surface area contributed by atoms with E-state index in [4.69, 9.17) is 0 Å².